The first-order chi connectivity index (χ1) is 7.88. The van der Waals surface area contributed by atoms with Gasteiger partial charge in [-0.1, -0.05) is 6.07 Å². The second-order valence-corrected chi connectivity index (χ2v) is 5.27. The van der Waals surface area contributed by atoms with Crippen molar-refractivity contribution >= 4 is 13.5 Å². The first-order valence-electron chi connectivity index (χ1n) is 5.08. The third kappa shape index (κ3) is 5.58. The van der Waals surface area contributed by atoms with E-state index < -0.39 is 13.9 Å². The van der Waals surface area contributed by atoms with E-state index in [1.54, 1.807) is 18.3 Å². The maximum Gasteiger partial charge on any atom is 0.344 e. The van der Waals surface area contributed by atoms with Crippen molar-refractivity contribution in [1.82, 2.24) is 9.88 Å². The summed E-state index contributed by atoms with van der Waals surface area (Å²) in [5, 5.41) is 0. The minimum atomic E-state index is -4.21. The Bertz CT molecular complexity index is 418. The van der Waals surface area contributed by atoms with E-state index in [0.29, 0.717) is 6.42 Å². The molecule has 0 radical (unpaired) electrons. The molecule has 0 aliphatic heterocycles. The Morgan fingerprint density at radius 2 is 2.18 bits per heavy atom. The summed E-state index contributed by atoms with van der Waals surface area (Å²) in [6, 6.07) is 5.40. The molecule has 0 fully saturated rings. The molecule has 1 amide bonds. The fourth-order valence-electron chi connectivity index (χ4n) is 1.35. The molecule has 0 spiro atoms. The van der Waals surface area contributed by atoms with Gasteiger partial charge in [0.2, 0.25) is 5.91 Å². The van der Waals surface area contributed by atoms with Crippen LogP contribution in [0.1, 0.15) is 12.6 Å². The Hall–Kier alpha value is -1.23. The molecule has 1 aromatic heterocycles. The zero-order valence-electron chi connectivity index (χ0n) is 9.48. The highest BCUT2D eigenvalue weighted by Gasteiger charge is 2.20. The van der Waals surface area contributed by atoms with Crippen LogP contribution >= 0.6 is 7.60 Å². The fraction of sp³-hybridized carbons (Fsp3) is 0.400. The highest BCUT2D eigenvalue weighted by atomic mass is 31.2. The number of rotatable bonds is 5. The van der Waals surface area contributed by atoms with Gasteiger partial charge in [0.15, 0.2) is 0 Å². The maximum atomic E-state index is 11.2. The van der Waals surface area contributed by atoms with Crippen LogP contribution in [-0.4, -0.2) is 38.4 Å². The van der Waals surface area contributed by atoms with Gasteiger partial charge >= 0.3 is 7.60 Å². The minimum Gasteiger partial charge on any atom is -0.331 e. The average Bonchev–Trinajstić information content (AvgIpc) is 2.24. The van der Waals surface area contributed by atoms with Crippen molar-refractivity contribution < 1.29 is 19.1 Å². The van der Waals surface area contributed by atoms with Gasteiger partial charge in [0.1, 0.15) is 6.29 Å². The largest absolute Gasteiger partial charge is 0.344 e. The molecule has 0 bridgehead atoms. The molecular weight excluding hydrogens is 243 g/mol. The van der Waals surface area contributed by atoms with Crippen LogP contribution in [0.2, 0.25) is 0 Å². The van der Waals surface area contributed by atoms with Crippen LogP contribution in [0.5, 0.6) is 0 Å². The molecule has 0 aromatic carbocycles. The van der Waals surface area contributed by atoms with Gasteiger partial charge in [-0.3, -0.25) is 14.3 Å². The van der Waals surface area contributed by atoms with Gasteiger partial charge in [-0.2, -0.15) is 0 Å². The molecule has 94 valence electrons. The average molecular weight is 258 g/mol. The predicted molar refractivity (Wildman–Crippen MR) is 62.2 cm³/mol. The Kier molecular flexibility index (Phi) is 4.81. The van der Waals surface area contributed by atoms with E-state index >= 15 is 0 Å². The molecule has 0 saturated heterocycles. The summed E-state index contributed by atoms with van der Waals surface area (Å²) in [4.78, 5) is 34.1. The van der Waals surface area contributed by atoms with E-state index in [9.17, 15) is 9.36 Å². The summed E-state index contributed by atoms with van der Waals surface area (Å²) >= 11 is 0. The molecule has 0 saturated carbocycles. The molecule has 1 rings (SSSR count). The number of carbonyl (C=O) groups is 1. The van der Waals surface area contributed by atoms with Crippen LogP contribution < -0.4 is 0 Å². The lowest BCUT2D eigenvalue weighted by atomic mass is 10.2. The van der Waals surface area contributed by atoms with Crippen LogP contribution in [0.4, 0.5) is 0 Å². The van der Waals surface area contributed by atoms with E-state index in [0.717, 1.165) is 10.6 Å². The number of amides is 1. The second kappa shape index (κ2) is 5.91. The topological polar surface area (TPSA) is 90.7 Å². The standard InChI is InChI=1S/C10H15N2O4P/c1-9(13)12(8-17(14,15)16)7-5-10-4-2-3-6-11-10/h2-4,6H,5,7-8H2,1H3,(H2,14,15,16). The normalized spacial score (nSPS) is 11.2. The molecule has 0 atom stereocenters. The van der Waals surface area contributed by atoms with Gasteiger partial charge < -0.3 is 14.7 Å². The van der Waals surface area contributed by atoms with Crippen molar-refractivity contribution in [2.45, 2.75) is 13.3 Å². The molecule has 1 aromatic rings. The van der Waals surface area contributed by atoms with E-state index in [1.807, 2.05) is 6.07 Å². The summed E-state index contributed by atoms with van der Waals surface area (Å²) in [7, 11) is -4.21. The lowest BCUT2D eigenvalue weighted by molar-refractivity contribution is -0.128. The molecule has 1 heterocycles. The highest BCUT2D eigenvalue weighted by Crippen LogP contribution is 2.35. The summed E-state index contributed by atoms with van der Waals surface area (Å²) < 4.78 is 10.8. The SMILES string of the molecule is CC(=O)N(CCc1ccccn1)CP(=O)(O)O. The van der Waals surface area contributed by atoms with E-state index in [4.69, 9.17) is 9.79 Å². The summed E-state index contributed by atoms with van der Waals surface area (Å²) in [6.45, 7) is 1.53. The Balaban J connectivity index is 2.57. The third-order valence-corrected chi connectivity index (χ3v) is 2.87. The number of nitrogens with zero attached hydrogens (tertiary/aromatic N) is 2. The number of carbonyl (C=O) groups excluding carboxylic acids is 1. The smallest absolute Gasteiger partial charge is 0.331 e. The van der Waals surface area contributed by atoms with Crippen LogP contribution in [0.25, 0.3) is 0 Å². The summed E-state index contributed by atoms with van der Waals surface area (Å²) in [5.41, 5.74) is 0.782. The number of aromatic nitrogens is 1. The fourth-order valence-corrected chi connectivity index (χ4v) is 2.13. The van der Waals surface area contributed by atoms with Gasteiger partial charge in [0.25, 0.3) is 0 Å². The van der Waals surface area contributed by atoms with Gasteiger partial charge in [-0.15, -0.1) is 0 Å². The number of hydrogen-bond donors (Lipinski definition) is 2. The van der Waals surface area contributed by atoms with Gasteiger partial charge in [0.05, 0.1) is 0 Å². The van der Waals surface area contributed by atoms with E-state index in [1.165, 1.54) is 6.92 Å². The lowest BCUT2D eigenvalue weighted by Crippen LogP contribution is -2.31. The first kappa shape index (κ1) is 13.8. The zero-order chi connectivity index (χ0) is 12.9. The highest BCUT2D eigenvalue weighted by molar-refractivity contribution is 7.51. The van der Waals surface area contributed by atoms with Crippen molar-refractivity contribution in [2.75, 3.05) is 12.8 Å². The monoisotopic (exact) mass is 258 g/mol. The van der Waals surface area contributed by atoms with Crippen molar-refractivity contribution in [3.63, 3.8) is 0 Å². The second-order valence-electron chi connectivity index (χ2n) is 3.66. The van der Waals surface area contributed by atoms with Gasteiger partial charge in [-0.05, 0) is 12.1 Å². The first-order valence-corrected chi connectivity index (χ1v) is 6.88. The molecule has 2 N–H and O–H groups in total. The molecule has 0 aliphatic rings. The molecular formula is C10H15N2O4P. The predicted octanol–water partition coefficient (Wildman–Crippen LogP) is 0.608. The van der Waals surface area contributed by atoms with Crippen LogP contribution in [0, 0.1) is 0 Å². The van der Waals surface area contributed by atoms with Crippen LogP contribution in [-0.2, 0) is 15.8 Å². The van der Waals surface area contributed by atoms with Crippen LogP contribution in [0.3, 0.4) is 0 Å². The van der Waals surface area contributed by atoms with Crippen molar-refractivity contribution in [2.24, 2.45) is 0 Å². The molecule has 6 nitrogen and oxygen atoms in total. The zero-order valence-corrected chi connectivity index (χ0v) is 10.4. The maximum absolute atomic E-state index is 11.2. The van der Waals surface area contributed by atoms with Crippen molar-refractivity contribution in [3.05, 3.63) is 30.1 Å². The van der Waals surface area contributed by atoms with Crippen LogP contribution in [0.15, 0.2) is 24.4 Å². The number of pyridine rings is 1. The Labute approximate surface area is 99.4 Å². The molecule has 17 heavy (non-hydrogen) atoms. The Morgan fingerprint density at radius 1 is 1.47 bits per heavy atom. The van der Waals surface area contributed by atoms with Crippen molar-refractivity contribution in [3.8, 4) is 0 Å². The molecule has 0 aliphatic carbocycles. The third-order valence-electron chi connectivity index (χ3n) is 2.16. The van der Waals surface area contributed by atoms with E-state index in [2.05, 4.69) is 4.98 Å². The van der Waals surface area contributed by atoms with Crippen molar-refractivity contribution in [1.29, 1.82) is 0 Å². The lowest BCUT2D eigenvalue weighted by Gasteiger charge is -2.21. The quantitative estimate of drug-likeness (QED) is 0.755. The Morgan fingerprint density at radius 3 is 2.65 bits per heavy atom. The minimum absolute atomic E-state index is 0.247. The van der Waals surface area contributed by atoms with E-state index in [-0.39, 0.29) is 12.5 Å². The number of hydrogen-bond acceptors (Lipinski definition) is 3. The molecule has 0 unspecified atom stereocenters. The molecule has 7 heteroatoms. The summed E-state index contributed by atoms with van der Waals surface area (Å²) in [5.74, 6) is -0.357. The summed E-state index contributed by atoms with van der Waals surface area (Å²) in [6.07, 6.45) is 1.56. The van der Waals surface area contributed by atoms with Gasteiger partial charge in [-0.25, -0.2) is 0 Å². The van der Waals surface area contributed by atoms with Gasteiger partial charge in [0, 0.05) is 31.8 Å².